The summed E-state index contributed by atoms with van der Waals surface area (Å²) in [5, 5.41) is 9.52. The van der Waals surface area contributed by atoms with Gasteiger partial charge in [-0.25, -0.2) is 9.37 Å². The third kappa shape index (κ3) is 3.93. The molecule has 1 heterocycles. The lowest BCUT2D eigenvalue weighted by Gasteiger charge is -2.19. The summed E-state index contributed by atoms with van der Waals surface area (Å²) in [5.41, 5.74) is 1.31. The molecule has 21 heavy (non-hydrogen) atoms. The Bertz CT molecular complexity index is 653. The van der Waals surface area contributed by atoms with Gasteiger partial charge in [0.05, 0.1) is 17.3 Å². The number of nitrogens with zero attached hydrogens (tertiary/aromatic N) is 1. The number of pyridine rings is 1. The molecule has 5 heteroatoms. The van der Waals surface area contributed by atoms with Crippen molar-refractivity contribution in [2.45, 2.75) is 32.8 Å². The first-order valence-corrected chi connectivity index (χ1v) is 6.92. The third-order valence-corrected chi connectivity index (χ3v) is 3.22. The quantitative estimate of drug-likeness (QED) is 0.910. The van der Waals surface area contributed by atoms with Crippen LogP contribution in [0.15, 0.2) is 30.3 Å². The van der Waals surface area contributed by atoms with Gasteiger partial charge in [-0.3, -0.25) is 0 Å². The van der Waals surface area contributed by atoms with Crippen molar-refractivity contribution in [1.82, 2.24) is 4.98 Å². The molecule has 3 nitrogen and oxygen atoms in total. The Kier molecular flexibility index (Phi) is 4.49. The van der Waals surface area contributed by atoms with Crippen molar-refractivity contribution in [1.29, 1.82) is 0 Å². The summed E-state index contributed by atoms with van der Waals surface area (Å²) < 4.78 is 18.7. The summed E-state index contributed by atoms with van der Waals surface area (Å²) >= 11 is 5.94. The number of rotatable bonds is 3. The number of hydrogen-bond donors (Lipinski definition) is 1. The predicted octanol–water partition coefficient (Wildman–Crippen LogP) is 4.46. The number of aliphatic hydroxyl groups is 1. The highest BCUT2D eigenvalue weighted by atomic mass is 35.5. The molecular formula is C16H17ClFNO2. The molecule has 2 rings (SSSR count). The second-order valence-electron chi connectivity index (χ2n) is 5.78. The average molecular weight is 310 g/mol. The molecule has 1 aromatic heterocycles. The summed E-state index contributed by atoms with van der Waals surface area (Å²) in [4.78, 5) is 4.43. The topological polar surface area (TPSA) is 42.4 Å². The monoisotopic (exact) mass is 309 g/mol. The van der Waals surface area contributed by atoms with Crippen molar-refractivity contribution in [3.63, 3.8) is 0 Å². The zero-order valence-electron chi connectivity index (χ0n) is 12.2. The summed E-state index contributed by atoms with van der Waals surface area (Å²) in [5.74, 6) is 0.209. The van der Waals surface area contributed by atoms with E-state index in [0.717, 1.165) is 5.69 Å². The van der Waals surface area contributed by atoms with Crippen LogP contribution in [0.25, 0.3) is 0 Å². The van der Waals surface area contributed by atoms with Gasteiger partial charge in [-0.05, 0) is 29.8 Å². The van der Waals surface area contributed by atoms with Crippen LogP contribution in [0.1, 0.15) is 32.0 Å². The molecule has 2 aromatic rings. The van der Waals surface area contributed by atoms with Crippen molar-refractivity contribution in [3.8, 4) is 11.6 Å². The Morgan fingerprint density at radius 1 is 1.24 bits per heavy atom. The van der Waals surface area contributed by atoms with Gasteiger partial charge in [-0.1, -0.05) is 32.4 Å². The molecule has 0 aliphatic rings. The fourth-order valence-electron chi connectivity index (χ4n) is 1.76. The minimum absolute atomic E-state index is 0.112. The molecule has 0 atom stereocenters. The molecule has 0 unspecified atom stereocenters. The van der Waals surface area contributed by atoms with Gasteiger partial charge in [0.15, 0.2) is 0 Å². The largest absolute Gasteiger partial charge is 0.437 e. The van der Waals surface area contributed by atoms with Crippen molar-refractivity contribution in [2.75, 3.05) is 0 Å². The molecule has 0 fully saturated rings. The molecule has 0 aliphatic carbocycles. The third-order valence-electron chi connectivity index (χ3n) is 2.92. The molecule has 0 saturated carbocycles. The van der Waals surface area contributed by atoms with Crippen LogP contribution in [-0.4, -0.2) is 10.1 Å². The lowest BCUT2D eigenvalue weighted by Crippen LogP contribution is -2.14. The number of benzene rings is 1. The smallest absolute Gasteiger partial charge is 0.219 e. The van der Waals surface area contributed by atoms with Crippen LogP contribution in [0.3, 0.4) is 0 Å². The molecule has 0 amide bonds. The summed E-state index contributed by atoms with van der Waals surface area (Å²) in [6, 6.07) is 7.36. The van der Waals surface area contributed by atoms with Crippen LogP contribution >= 0.6 is 11.6 Å². The van der Waals surface area contributed by atoms with Crippen molar-refractivity contribution in [2.24, 2.45) is 0 Å². The first-order chi connectivity index (χ1) is 9.79. The average Bonchev–Trinajstić information content (AvgIpc) is 2.40. The standard InChI is InChI=1S/C16H17ClFNO2/c1-16(2,3)14-6-10(9-20)7-15(19-14)21-13-5-4-11(18)8-12(13)17/h4-8,20H,9H2,1-3H3. The Morgan fingerprint density at radius 2 is 1.95 bits per heavy atom. The van der Waals surface area contributed by atoms with Gasteiger partial charge in [0, 0.05) is 11.5 Å². The number of aromatic nitrogens is 1. The van der Waals surface area contributed by atoms with E-state index in [1.54, 1.807) is 6.07 Å². The molecule has 1 N–H and O–H groups in total. The maximum Gasteiger partial charge on any atom is 0.219 e. The summed E-state index contributed by atoms with van der Waals surface area (Å²) in [6.45, 7) is 5.94. The molecular weight excluding hydrogens is 293 g/mol. The highest BCUT2D eigenvalue weighted by Crippen LogP contribution is 2.31. The minimum atomic E-state index is -0.431. The van der Waals surface area contributed by atoms with Crippen molar-refractivity contribution in [3.05, 3.63) is 52.4 Å². The second kappa shape index (κ2) is 6.00. The van der Waals surface area contributed by atoms with Gasteiger partial charge in [-0.2, -0.15) is 0 Å². The van der Waals surface area contributed by atoms with Gasteiger partial charge < -0.3 is 9.84 Å². The van der Waals surface area contributed by atoms with Gasteiger partial charge in [0.2, 0.25) is 5.88 Å². The number of ether oxygens (including phenoxy) is 1. The van der Waals surface area contributed by atoms with E-state index < -0.39 is 5.82 Å². The fourth-order valence-corrected chi connectivity index (χ4v) is 1.96. The highest BCUT2D eigenvalue weighted by molar-refractivity contribution is 6.32. The fraction of sp³-hybridized carbons (Fsp3) is 0.312. The molecule has 0 aliphatic heterocycles. The zero-order chi connectivity index (χ0) is 15.6. The van der Waals surface area contributed by atoms with E-state index in [1.165, 1.54) is 18.2 Å². The van der Waals surface area contributed by atoms with Crippen LogP contribution in [0.2, 0.25) is 5.02 Å². The SMILES string of the molecule is CC(C)(C)c1cc(CO)cc(Oc2ccc(F)cc2Cl)n1. The Balaban J connectivity index is 2.39. The van der Waals surface area contributed by atoms with E-state index in [1.807, 2.05) is 26.8 Å². The van der Waals surface area contributed by atoms with Crippen LogP contribution in [0.5, 0.6) is 11.6 Å². The van der Waals surface area contributed by atoms with Crippen molar-refractivity contribution < 1.29 is 14.2 Å². The van der Waals surface area contributed by atoms with Gasteiger partial charge in [-0.15, -0.1) is 0 Å². The molecule has 0 bridgehead atoms. The van der Waals surface area contributed by atoms with E-state index in [0.29, 0.717) is 17.2 Å². The number of halogens is 2. The van der Waals surface area contributed by atoms with Crippen LogP contribution in [-0.2, 0) is 12.0 Å². The zero-order valence-corrected chi connectivity index (χ0v) is 12.9. The van der Waals surface area contributed by atoms with Crippen molar-refractivity contribution >= 4 is 11.6 Å². The summed E-state index contributed by atoms with van der Waals surface area (Å²) in [6.07, 6.45) is 0. The van der Waals surface area contributed by atoms with Crippen LogP contribution in [0.4, 0.5) is 4.39 Å². The molecule has 0 spiro atoms. The Hall–Kier alpha value is -1.65. The van der Waals surface area contributed by atoms with E-state index in [4.69, 9.17) is 16.3 Å². The lowest BCUT2D eigenvalue weighted by molar-refractivity contribution is 0.280. The highest BCUT2D eigenvalue weighted by Gasteiger charge is 2.18. The summed E-state index contributed by atoms with van der Waals surface area (Å²) in [7, 11) is 0. The molecule has 1 aromatic carbocycles. The normalized spacial score (nSPS) is 11.5. The minimum Gasteiger partial charge on any atom is -0.437 e. The molecule has 0 saturated heterocycles. The maximum absolute atomic E-state index is 13.0. The van der Waals surface area contributed by atoms with Gasteiger partial charge >= 0.3 is 0 Å². The number of hydrogen-bond acceptors (Lipinski definition) is 3. The second-order valence-corrected chi connectivity index (χ2v) is 6.19. The number of aliphatic hydroxyl groups excluding tert-OH is 1. The Morgan fingerprint density at radius 3 is 2.52 bits per heavy atom. The van der Waals surface area contributed by atoms with Crippen LogP contribution < -0.4 is 4.74 Å². The first kappa shape index (κ1) is 15.7. The van der Waals surface area contributed by atoms with Gasteiger partial charge in [0.25, 0.3) is 0 Å². The predicted molar refractivity (Wildman–Crippen MR) is 80.3 cm³/mol. The van der Waals surface area contributed by atoms with Crippen LogP contribution in [0, 0.1) is 5.82 Å². The molecule has 0 radical (unpaired) electrons. The molecule has 112 valence electrons. The first-order valence-electron chi connectivity index (χ1n) is 6.55. The van der Waals surface area contributed by atoms with E-state index in [2.05, 4.69) is 4.98 Å². The van der Waals surface area contributed by atoms with E-state index in [-0.39, 0.29) is 17.0 Å². The van der Waals surface area contributed by atoms with E-state index in [9.17, 15) is 9.50 Å². The van der Waals surface area contributed by atoms with Gasteiger partial charge in [0.1, 0.15) is 11.6 Å². The van der Waals surface area contributed by atoms with E-state index >= 15 is 0 Å². The Labute approximate surface area is 128 Å². The lowest BCUT2D eigenvalue weighted by atomic mass is 9.91. The maximum atomic E-state index is 13.0.